The van der Waals surface area contributed by atoms with Gasteiger partial charge in [0.15, 0.2) is 12.4 Å². The zero-order valence-corrected chi connectivity index (χ0v) is 11.4. The van der Waals surface area contributed by atoms with E-state index in [2.05, 4.69) is 21.6 Å². The minimum atomic E-state index is -0.396. The third-order valence-corrected chi connectivity index (χ3v) is 3.05. The third-order valence-electron chi connectivity index (χ3n) is 3.05. The SMILES string of the molecule is CC(=O)OCc1nnnn1-c1ccc(C#N)c(C)c1C. The van der Waals surface area contributed by atoms with Crippen LogP contribution < -0.4 is 0 Å². The van der Waals surface area contributed by atoms with Crippen molar-refractivity contribution in [3.8, 4) is 11.8 Å². The summed E-state index contributed by atoms with van der Waals surface area (Å²) in [6, 6.07) is 5.62. The summed E-state index contributed by atoms with van der Waals surface area (Å²) in [5.41, 5.74) is 3.15. The fourth-order valence-corrected chi connectivity index (χ4v) is 1.81. The van der Waals surface area contributed by atoms with Crippen molar-refractivity contribution in [1.29, 1.82) is 5.26 Å². The highest BCUT2D eigenvalue weighted by Gasteiger charge is 2.14. The standard InChI is InChI=1S/C13H13N5O2/c1-8-9(2)12(5-4-11(8)6-14)18-13(15-16-17-18)7-20-10(3)19/h4-5H,7H2,1-3H3. The first-order valence-electron chi connectivity index (χ1n) is 5.96. The van der Waals surface area contributed by atoms with Crippen LogP contribution in [-0.2, 0) is 16.1 Å². The molecule has 2 aromatic rings. The number of ether oxygens (including phenoxy) is 1. The molecule has 0 aliphatic rings. The lowest BCUT2D eigenvalue weighted by Crippen LogP contribution is -2.09. The van der Waals surface area contributed by atoms with Gasteiger partial charge in [-0.05, 0) is 47.5 Å². The Labute approximate surface area is 115 Å². The van der Waals surface area contributed by atoms with Gasteiger partial charge in [-0.2, -0.15) is 9.94 Å². The van der Waals surface area contributed by atoms with E-state index in [1.807, 2.05) is 13.8 Å². The van der Waals surface area contributed by atoms with Crippen LogP contribution >= 0.6 is 0 Å². The van der Waals surface area contributed by atoms with Crippen molar-refractivity contribution in [3.05, 3.63) is 34.6 Å². The second-order valence-corrected chi connectivity index (χ2v) is 4.28. The molecule has 0 unspecified atom stereocenters. The summed E-state index contributed by atoms with van der Waals surface area (Å²) in [6.07, 6.45) is 0. The molecule has 0 N–H and O–H groups in total. The van der Waals surface area contributed by atoms with Crippen molar-refractivity contribution < 1.29 is 9.53 Å². The van der Waals surface area contributed by atoms with Crippen molar-refractivity contribution in [2.45, 2.75) is 27.4 Å². The molecule has 0 atom stereocenters. The molecule has 0 spiro atoms. The van der Waals surface area contributed by atoms with E-state index in [1.165, 1.54) is 11.6 Å². The topological polar surface area (TPSA) is 93.7 Å². The molecule has 0 amide bonds. The second-order valence-electron chi connectivity index (χ2n) is 4.28. The number of benzene rings is 1. The van der Waals surface area contributed by atoms with Crippen molar-refractivity contribution in [3.63, 3.8) is 0 Å². The Hall–Kier alpha value is -2.75. The van der Waals surface area contributed by atoms with Gasteiger partial charge in [0, 0.05) is 6.92 Å². The highest BCUT2D eigenvalue weighted by molar-refractivity contribution is 5.65. The zero-order chi connectivity index (χ0) is 14.7. The summed E-state index contributed by atoms with van der Waals surface area (Å²) in [4.78, 5) is 10.9. The molecule has 0 saturated heterocycles. The van der Waals surface area contributed by atoms with Crippen LogP contribution in [0.3, 0.4) is 0 Å². The van der Waals surface area contributed by atoms with Crippen LogP contribution in [0.15, 0.2) is 12.1 Å². The Morgan fingerprint density at radius 2 is 2.15 bits per heavy atom. The monoisotopic (exact) mass is 271 g/mol. The largest absolute Gasteiger partial charge is 0.458 e. The van der Waals surface area contributed by atoms with Crippen LogP contribution in [0.5, 0.6) is 0 Å². The lowest BCUT2D eigenvalue weighted by atomic mass is 10.0. The summed E-state index contributed by atoms with van der Waals surface area (Å²) in [5.74, 6) is 0.0275. The van der Waals surface area contributed by atoms with Gasteiger partial charge in [-0.15, -0.1) is 5.10 Å². The number of esters is 1. The Morgan fingerprint density at radius 3 is 2.80 bits per heavy atom. The van der Waals surface area contributed by atoms with E-state index in [-0.39, 0.29) is 6.61 Å². The van der Waals surface area contributed by atoms with Gasteiger partial charge in [0.2, 0.25) is 0 Å². The fraction of sp³-hybridized carbons (Fsp3) is 0.308. The van der Waals surface area contributed by atoms with Crippen LogP contribution in [0.25, 0.3) is 5.69 Å². The normalized spacial score (nSPS) is 10.1. The van der Waals surface area contributed by atoms with Gasteiger partial charge in [-0.1, -0.05) is 0 Å². The number of hydrogen-bond donors (Lipinski definition) is 0. The van der Waals surface area contributed by atoms with Gasteiger partial charge in [0.1, 0.15) is 0 Å². The van der Waals surface area contributed by atoms with E-state index < -0.39 is 5.97 Å². The molecule has 102 valence electrons. The fourth-order valence-electron chi connectivity index (χ4n) is 1.81. The predicted octanol–water partition coefficient (Wildman–Crippen LogP) is 1.21. The smallest absolute Gasteiger partial charge is 0.303 e. The first-order valence-corrected chi connectivity index (χ1v) is 5.96. The maximum atomic E-state index is 10.9. The number of rotatable bonds is 3. The van der Waals surface area contributed by atoms with Gasteiger partial charge in [0.25, 0.3) is 0 Å². The molecule has 1 aromatic heterocycles. The lowest BCUT2D eigenvalue weighted by Gasteiger charge is -2.11. The number of aromatic nitrogens is 4. The summed E-state index contributed by atoms with van der Waals surface area (Å²) >= 11 is 0. The van der Waals surface area contributed by atoms with Gasteiger partial charge in [-0.25, -0.2) is 0 Å². The summed E-state index contributed by atoms with van der Waals surface area (Å²) < 4.78 is 6.42. The molecule has 0 saturated carbocycles. The average Bonchev–Trinajstić information content (AvgIpc) is 2.87. The second kappa shape index (κ2) is 5.48. The zero-order valence-electron chi connectivity index (χ0n) is 11.4. The van der Waals surface area contributed by atoms with E-state index in [0.29, 0.717) is 11.4 Å². The van der Waals surface area contributed by atoms with E-state index in [0.717, 1.165) is 16.8 Å². The summed E-state index contributed by atoms with van der Waals surface area (Å²) in [6.45, 7) is 5.09. The van der Waals surface area contributed by atoms with Crippen molar-refractivity contribution in [2.24, 2.45) is 0 Å². The van der Waals surface area contributed by atoms with Gasteiger partial charge in [0.05, 0.1) is 17.3 Å². The molecule has 0 aliphatic carbocycles. The van der Waals surface area contributed by atoms with E-state index in [4.69, 9.17) is 10.00 Å². The van der Waals surface area contributed by atoms with Crippen LogP contribution in [0.1, 0.15) is 29.4 Å². The molecule has 1 heterocycles. The van der Waals surface area contributed by atoms with Gasteiger partial charge in [-0.3, -0.25) is 4.79 Å². The van der Waals surface area contributed by atoms with Crippen LogP contribution in [-0.4, -0.2) is 26.2 Å². The molecule has 7 heteroatoms. The van der Waals surface area contributed by atoms with E-state index in [9.17, 15) is 4.79 Å². The van der Waals surface area contributed by atoms with Crippen molar-refractivity contribution >= 4 is 5.97 Å². The molecular weight excluding hydrogens is 258 g/mol. The minimum absolute atomic E-state index is 0.000816. The van der Waals surface area contributed by atoms with Crippen LogP contribution in [0, 0.1) is 25.2 Å². The number of hydrogen-bond acceptors (Lipinski definition) is 6. The lowest BCUT2D eigenvalue weighted by molar-refractivity contribution is -0.142. The molecule has 20 heavy (non-hydrogen) atoms. The summed E-state index contributed by atoms with van der Waals surface area (Å²) in [7, 11) is 0. The highest BCUT2D eigenvalue weighted by Crippen LogP contribution is 2.21. The maximum Gasteiger partial charge on any atom is 0.303 e. The van der Waals surface area contributed by atoms with Gasteiger partial charge >= 0.3 is 5.97 Å². The first kappa shape index (κ1) is 13.7. The molecular formula is C13H13N5O2. The first-order chi connectivity index (χ1) is 9.54. The summed E-state index contributed by atoms with van der Waals surface area (Å²) in [5, 5.41) is 20.3. The number of nitriles is 1. The molecule has 0 fully saturated rings. The molecule has 7 nitrogen and oxygen atoms in total. The number of nitrogens with zero attached hydrogens (tertiary/aromatic N) is 5. The van der Waals surface area contributed by atoms with Crippen molar-refractivity contribution in [2.75, 3.05) is 0 Å². The predicted molar refractivity (Wildman–Crippen MR) is 68.8 cm³/mol. The highest BCUT2D eigenvalue weighted by atomic mass is 16.5. The average molecular weight is 271 g/mol. The van der Waals surface area contributed by atoms with E-state index in [1.54, 1.807) is 12.1 Å². The number of tetrazole rings is 1. The van der Waals surface area contributed by atoms with Crippen LogP contribution in [0.4, 0.5) is 0 Å². The molecule has 1 aromatic carbocycles. The van der Waals surface area contributed by atoms with E-state index >= 15 is 0 Å². The molecule has 0 radical (unpaired) electrons. The molecule has 2 rings (SSSR count). The minimum Gasteiger partial charge on any atom is -0.458 e. The van der Waals surface area contributed by atoms with Crippen molar-refractivity contribution in [1.82, 2.24) is 20.2 Å². The Bertz CT molecular complexity index is 699. The number of carbonyl (C=O) groups is 1. The Kier molecular flexibility index (Phi) is 3.75. The quantitative estimate of drug-likeness (QED) is 0.779. The Balaban J connectivity index is 2.43. The third kappa shape index (κ3) is 2.49. The Morgan fingerprint density at radius 1 is 1.40 bits per heavy atom. The van der Waals surface area contributed by atoms with Gasteiger partial charge < -0.3 is 4.74 Å². The van der Waals surface area contributed by atoms with Crippen LogP contribution in [0.2, 0.25) is 0 Å². The molecule has 0 bridgehead atoms. The maximum absolute atomic E-state index is 10.9. The molecule has 0 aliphatic heterocycles. The number of carbonyl (C=O) groups excluding carboxylic acids is 1.